The van der Waals surface area contributed by atoms with Gasteiger partial charge in [0.25, 0.3) is 5.91 Å². The fourth-order valence-corrected chi connectivity index (χ4v) is 5.34. The maximum absolute atomic E-state index is 12.8. The highest BCUT2D eigenvalue weighted by atomic mass is 16.5. The Morgan fingerprint density at radius 1 is 0.829 bits per heavy atom. The molecular weight excluding hydrogens is 438 g/mol. The minimum Gasteiger partial charge on any atom is -0.493 e. The van der Waals surface area contributed by atoms with Crippen LogP contribution in [0.15, 0.2) is 73.1 Å². The minimum atomic E-state index is 0.131. The molecule has 0 unspecified atom stereocenters. The molecule has 1 spiro atoms. The van der Waals surface area contributed by atoms with E-state index >= 15 is 0 Å². The predicted molar refractivity (Wildman–Crippen MR) is 136 cm³/mol. The summed E-state index contributed by atoms with van der Waals surface area (Å²) >= 11 is 0. The number of ether oxygens (including phenoxy) is 2. The second-order valence-corrected chi connectivity index (χ2v) is 9.66. The van der Waals surface area contributed by atoms with Gasteiger partial charge in [0.1, 0.15) is 5.75 Å². The largest absolute Gasteiger partial charge is 0.493 e. The normalized spacial score (nSPS) is 17.8. The van der Waals surface area contributed by atoms with E-state index in [1.807, 2.05) is 41.3 Å². The molecule has 0 N–H and O–H groups in total. The van der Waals surface area contributed by atoms with Gasteiger partial charge in [0.2, 0.25) is 0 Å². The Morgan fingerprint density at radius 3 is 2.11 bits per heavy atom. The predicted octanol–water partition coefficient (Wildman–Crippen LogP) is 5.40. The molecule has 1 amide bonds. The Kier molecular flexibility index (Phi) is 7.00. The summed E-state index contributed by atoms with van der Waals surface area (Å²) < 4.78 is 11.7. The van der Waals surface area contributed by atoms with Crippen LogP contribution in [0.2, 0.25) is 0 Å². The number of para-hydroxylation sites is 3. The standard InChI is InChI=1S/C29H33N3O3/c1-34-26-8-4-5-9-27(26)35-25-7-3-2-6-24(25)22-31-18-12-29(13-19-31)14-20-32(21-15-29)28(33)23-10-16-30-17-11-23/h2-11,16-17H,12-15,18-22H2,1H3. The van der Waals surface area contributed by atoms with E-state index in [1.54, 1.807) is 31.6 Å². The van der Waals surface area contributed by atoms with Gasteiger partial charge >= 0.3 is 0 Å². The molecule has 2 aliphatic rings. The molecule has 2 fully saturated rings. The number of aromatic nitrogens is 1. The average Bonchev–Trinajstić information content (AvgIpc) is 2.92. The highest BCUT2D eigenvalue weighted by Crippen LogP contribution is 2.42. The summed E-state index contributed by atoms with van der Waals surface area (Å²) in [5, 5.41) is 0. The van der Waals surface area contributed by atoms with Gasteiger partial charge in [0.05, 0.1) is 7.11 Å². The van der Waals surface area contributed by atoms with Crippen LogP contribution >= 0.6 is 0 Å². The third kappa shape index (κ3) is 5.33. The summed E-state index contributed by atoms with van der Waals surface area (Å²) in [7, 11) is 1.66. The van der Waals surface area contributed by atoms with E-state index < -0.39 is 0 Å². The molecular formula is C29H33N3O3. The lowest BCUT2D eigenvalue weighted by molar-refractivity contribution is 0.0284. The molecule has 0 bridgehead atoms. The minimum absolute atomic E-state index is 0.131. The van der Waals surface area contributed by atoms with Gasteiger partial charge in [-0.3, -0.25) is 14.7 Å². The molecule has 6 heteroatoms. The van der Waals surface area contributed by atoms with Crippen LogP contribution in [0.25, 0.3) is 0 Å². The van der Waals surface area contributed by atoms with E-state index in [-0.39, 0.29) is 5.91 Å². The van der Waals surface area contributed by atoms with Crippen molar-refractivity contribution in [3.63, 3.8) is 0 Å². The first-order chi connectivity index (χ1) is 17.2. The average molecular weight is 472 g/mol. The first kappa shape index (κ1) is 23.4. The smallest absolute Gasteiger partial charge is 0.253 e. The van der Waals surface area contributed by atoms with Gasteiger partial charge in [0.15, 0.2) is 11.5 Å². The number of amides is 1. The molecule has 0 aliphatic carbocycles. The summed E-state index contributed by atoms with van der Waals surface area (Å²) in [6, 6.07) is 19.6. The number of hydrogen-bond donors (Lipinski definition) is 0. The highest BCUT2D eigenvalue weighted by Gasteiger charge is 2.38. The van der Waals surface area contributed by atoms with Crippen LogP contribution in [0.3, 0.4) is 0 Å². The lowest BCUT2D eigenvalue weighted by Crippen LogP contribution is -2.48. The molecule has 0 saturated carbocycles. The summed E-state index contributed by atoms with van der Waals surface area (Å²) in [5.74, 6) is 2.47. The van der Waals surface area contributed by atoms with Crippen LogP contribution < -0.4 is 9.47 Å². The molecule has 5 rings (SSSR count). The second kappa shape index (κ2) is 10.5. The number of piperidine rings is 2. The second-order valence-electron chi connectivity index (χ2n) is 9.66. The van der Waals surface area contributed by atoms with E-state index in [0.29, 0.717) is 5.41 Å². The monoisotopic (exact) mass is 471 g/mol. The molecule has 2 saturated heterocycles. The number of pyridine rings is 1. The van der Waals surface area contributed by atoms with E-state index in [1.165, 1.54) is 18.4 Å². The summed E-state index contributed by atoms with van der Waals surface area (Å²) in [6.45, 7) is 4.70. The van der Waals surface area contributed by atoms with Crippen molar-refractivity contribution in [1.29, 1.82) is 0 Å². The van der Waals surface area contributed by atoms with Crippen molar-refractivity contribution in [2.24, 2.45) is 5.41 Å². The maximum Gasteiger partial charge on any atom is 0.253 e. The zero-order chi connectivity index (χ0) is 24.1. The van der Waals surface area contributed by atoms with Crippen LogP contribution in [0.1, 0.15) is 41.6 Å². The fourth-order valence-electron chi connectivity index (χ4n) is 5.34. The van der Waals surface area contributed by atoms with E-state index in [9.17, 15) is 4.79 Å². The number of likely N-dealkylation sites (tertiary alicyclic amines) is 2. The number of carbonyl (C=O) groups excluding carboxylic acids is 1. The molecule has 3 aromatic rings. The Labute approximate surface area is 207 Å². The summed E-state index contributed by atoms with van der Waals surface area (Å²) in [6.07, 6.45) is 7.91. The van der Waals surface area contributed by atoms with Gasteiger partial charge in [0, 0.05) is 43.2 Å². The Morgan fingerprint density at radius 2 is 1.43 bits per heavy atom. The van der Waals surface area contributed by atoms with Crippen molar-refractivity contribution in [3.8, 4) is 17.2 Å². The third-order valence-corrected chi connectivity index (χ3v) is 7.61. The summed E-state index contributed by atoms with van der Waals surface area (Å²) in [5.41, 5.74) is 2.28. The lowest BCUT2D eigenvalue weighted by atomic mass is 9.71. The van der Waals surface area contributed by atoms with Crippen LogP contribution in [0.5, 0.6) is 17.2 Å². The molecule has 35 heavy (non-hydrogen) atoms. The quantitative estimate of drug-likeness (QED) is 0.482. The van der Waals surface area contributed by atoms with Crippen molar-refractivity contribution < 1.29 is 14.3 Å². The van der Waals surface area contributed by atoms with Gasteiger partial charge < -0.3 is 14.4 Å². The number of methoxy groups -OCH3 is 1. The van der Waals surface area contributed by atoms with E-state index in [2.05, 4.69) is 22.0 Å². The topological polar surface area (TPSA) is 54.9 Å². The number of nitrogens with zero attached hydrogens (tertiary/aromatic N) is 3. The zero-order valence-corrected chi connectivity index (χ0v) is 20.4. The van der Waals surface area contributed by atoms with Gasteiger partial charge in [-0.05, 0) is 74.5 Å². The van der Waals surface area contributed by atoms with E-state index in [4.69, 9.17) is 9.47 Å². The Hall–Kier alpha value is -3.38. The maximum atomic E-state index is 12.8. The molecule has 0 radical (unpaired) electrons. The lowest BCUT2D eigenvalue weighted by Gasteiger charge is -2.47. The molecule has 0 atom stereocenters. The van der Waals surface area contributed by atoms with E-state index in [0.717, 1.165) is 68.4 Å². The van der Waals surface area contributed by atoms with Gasteiger partial charge in [-0.25, -0.2) is 0 Å². The van der Waals surface area contributed by atoms with Gasteiger partial charge in [-0.2, -0.15) is 0 Å². The van der Waals surface area contributed by atoms with Crippen molar-refractivity contribution in [3.05, 3.63) is 84.2 Å². The van der Waals surface area contributed by atoms with Gasteiger partial charge in [-0.1, -0.05) is 30.3 Å². The number of rotatable bonds is 6. The molecule has 6 nitrogen and oxygen atoms in total. The highest BCUT2D eigenvalue weighted by molar-refractivity contribution is 5.94. The van der Waals surface area contributed by atoms with Crippen molar-refractivity contribution >= 4 is 5.91 Å². The van der Waals surface area contributed by atoms with Crippen LogP contribution in [0, 0.1) is 5.41 Å². The molecule has 3 heterocycles. The molecule has 2 aliphatic heterocycles. The van der Waals surface area contributed by atoms with Crippen LogP contribution in [-0.2, 0) is 6.54 Å². The van der Waals surface area contributed by atoms with Gasteiger partial charge in [-0.15, -0.1) is 0 Å². The van der Waals surface area contributed by atoms with Crippen molar-refractivity contribution in [2.75, 3.05) is 33.3 Å². The number of hydrogen-bond acceptors (Lipinski definition) is 5. The third-order valence-electron chi connectivity index (χ3n) is 7.61. The Balaban J connectivity index is 1.17. The zero-order valence-electron chi connectivity index (χ0n) is 20.4. The Bertz CT molecular complexity index is 1130. The first-order valence-electron chi connectivity index (χ1n) is 12.5. The van der Waals surface area contributed by atoms with Crippen LogP contribution in [0.4, 0.5) is 0 Å². The SMILES string of the molecule is COc1ccccc1Oc1ccccc1CN1CCC2(CC1)CCN(C(=O)c1ccncc1)CC2. The first-order valence-corrected chi connectivity index (χ1v) is 12.5. The van der Waals surface area contributed by atoms with Crippen molar-refractivity contribution in [2.45, 2.75) is 32.2 Å². The molecule has 2 aromatic carbocycles. The number of carbonyl (C=O) groups is 1. The van der Waals surface area contributed by atoms with Crippen LogP contribution in [-0.4, -0.2) is 54.0 Å². The molecule has 182 valence electrons. The molecule has 1 aromatic heterocycles. The number of benzene rings is 2. The summed E-state index contributed by atoms with van der Waals surface area (Å²) in [4.78, 5) is 21.4. The van der Waals surface area contributed by atoms with Crippen molar-refractivity contribution in [1.82, 2.24) is 14.8 Å². The fraction of sp³-hybridized carbons (Fsp3) is 0.379.